The summed E-state index contributed by atoms with van der Waals surface area (Å²) in [5, 5.41) is 15.5. The number of nitrogens with zero attached hydrogens (tertiary/aromatic N) is 5. The van der Waals surface area contributed by atoms with E-state index < -0.39 is 0 Å². The van der Waals surface area contributed by atoms with Crippen LogP contribution in [0.25, 0.3) is 10.9 Å². The number of rotatable bonds is 8. The molecule has 3 aromatic carbocycles. The van der Waals surface area contributed by atoms with Gasteiger partial charge in [0.15, 0.2) is 0 Å². The average Bonchev–Trinajstić information content (AvgIpc) is 2.79. The number of hydrogen-bond acceptors (Lipinski definition) is 5. The van der Waals surface area contributed by atoms with Crippen molar-refractivity contribution in [2.75, 3.05) is 17.7 Å². The molecule has 156 valence electrons. The van der Waals surface area contributed by atoms with Gasteiger partial charge in [0.1, 0.15) is 12.1 Å². The first-order chi connectivity index (χ1) is 15.2. The highest BCUT2D eigenvalue weighted by Gasteiger charge is 2.07. The number of hydrogen-bond donors (Lipinski definition) is 1. The molecule has 0 saturated carbocycles. The molecule has 4 aromatic rings. The van der Waals surface area contributed by atoms with Crippen LogP contribution in [0.5, 0.6) is 0 Å². The summed E-state index contributed by atoms with van der Waals surface area (Å²) in [4.78, 5) is 8.73. The first kappa shape index (κ1) is 21.0. The van der Waals surface area contributed by atoms with Crippen LogP contribution in [0.1, 0.15) is 5.56 Å². The largest absolute Gasteiger partial charge is 0.340 e. The van der Waals surface area contributed by atoms with Crippen LogP contribution < -0.4 is 5.32 Å². The number of nitrogens with one attached hydrogen (secondary N) is 1. The fraction of sp³-hybridized carbons (Fsp3) is 0.130. The van der Waals surface area contributed by atoms with E-state index in [1.54, 1.807) is 0 Å². The van der Waals surface area contributed by atoms with E-state index in [1.807, 2.05) is 65.7 Å². The second kappa shape index (κ2) is 10.2. The summed E-state index contributed by atoms with van der Waals surface area (Å²) in [5.74, 6) is 1.14. The van der Waals surface area contributed by atoms with Crippen LogP contribution in [0.4, 0.5) is 17.2 Å². The Kier molecular flexibility index (Phi) is 6.92. The topological polar surface area (TPSA) is 65.8 Å². The third-order valence-electron chi connectivity index (χ3n) is 4.54. The minimum atomic E-state index is 0.463. The van der Waals surface area contributed by atoms with Crippen molar-refractivity contribution in [3.8, 4) is 0 Å². The zero-order chi connectivity index (χ0) is 21.5. The van der Waals surface area contributed by atoms with Crippen LogP contribution in [-0.4, -0.2) is 27.4 Å². The van der Waals surface area contributed by atoms with Crippen LogP contribution in [0.3, 0.4) is 0 Å². The lowest BCUT2D eigenvalue weighted by molar-refractivity contribution is 0.278. The number of alkyl halides is 1. The van der Waals surface area contributed by atoms with E-state index in [4.69, 9.17) is 23.2 Å². The Hall–Kier alpha value is -3.22. The highest BCUT2D eigenvalue weighted by atomic mass is 35.5. The highest BCUT2D eigenvalue weighted by Crippen LogP contribution is 2.28. The van der Waals surface area contributed by atoms with Gasteiger partial charge in [-0.1, -0.05) is 53.2 Å². The number of benzene rings is 3. The van der Waals surface area contributed by atoms with Gasteiger partial charge in [0.05, 0.1) is 24.3 Å². The first-order valence-electron chi connectivity index (χ1n) is 9.75. The predicted octanol–water partition coefficient (Wildman–Crippen LogP) is 6.77. The molecule has 6 nitrogen and oxygen atoms in total. The molecule has 1 N–H and O–H groups in total. The molecule has 31 heavy (non-hydrogen) atoms. The molecule has 0 fully saturated rings. The fourth-order valence-electron chi connectivity index (χ4n) is 3.07. The standard InChI is InChI=1S/C23H20Cl2N6/c24-11-12-31(15-17-5-2-1-3-6-17)30-29-20-9-10-22-21(14-20)23(27-16-26-22)28-19-8-4-7-18(25)13-19/h1-10,13-14,16H,11-12,15H2,(H,26,27,28). The summed E-state index contributed by atoms with van der Waals surface area (Å²) in [6.07, 6.45) is 1.53. The summed E-state index contributed by atoms with van der Waals surface area (Å²) in [6, 6.07) is 23.3. The molecule has 0 spiro atoms. The molecular weight excluding hydrogens is 431 g/mol. The lowest BCUT2D eigenvalue weighted by Crippen LogP contribution is -2.18. The van der Waals surface area contributed by atoms with E-state index in [-0.39, 0.29) is 0 Å². The molecule has 8 heteroatoms. The Morgan fingerprint density at radius 1 is 0.935 bits per heavy atom. The van der Waals surface area contributed by atoms with E-state index in [9.17, 15) is 0 Å². The van der Waals surface area contributed by atoms with Crippen LogP contribution >= 0.6 is 23.2 Å². The lowest BCUT2D eigenvalue weighted by atomic mass is 10.2. The van der Waals surface area contributed by atoms with Crippen molar-refractivity contribution >= 4 is 51.3 Å². The predicted molar refractivity (Wildman–Crippen MR) is 126 cm³/mol. The van der Waals surface area contributed by atoms with E-state index in [0.29, 0.717) is 35.5 Å². The monoisotopic (exact) mass is 450 g/mol. The molecule has 0 bridgehead atoms. The number of halogens is 2. The Labute approximate surface area is 190 Å². The zero-order valence-corrected chi connectivity index (χ0v) is 18.1. The molecule has 4 rings (SSSR count). The number of fused-ring (bicyclic) bond motifs is 1. The number of anilines is 2. The van der Waals surface area contributed by atoms with E-state index in [2.05, 4.69) is 37.8 Å². The van der Waals surface area contributed by atoms with Crippen molar-refractivity contribution in [2.45, 2.75) is 6.54 Å². The van der Waals surface area contributed by atoms with Gasteiger partial charge in [0.2, 0.25) is 0 Å². The molecule has 1 heterocycles. The summed E-state index contributed by atoms with van der Waals surface area (Å²) in [5.41, 5.74) is 3.49. The summed E-state index contributed by atoms with van der Waals surface area (Å²) < 4.78 is 0. The van der Waals surface area contributed by atoms with Crippen molar-refractivity contribution in [1.82, 2.24) is 15.0 Å². The van der Waals surface area contributed by atoms with Crippen molar-refractivity contribution in [1.29, 1.82) is 0 Å². The van der Waals surface area contributed by atoms with Crippen molar-refractivity contribution < 1.29 is 0 Å². The third-order valence-corrected chi connectivity index (χ3v) is 4.95. The summed E-state index contributed by atoms with van der Waals surface area (Å²) in [6.45, 7) is 1.23. The Balaban J connectivity index is 1.58. The Morgan fingerprint density at radius 2 is 1.81 bits per heavy atom. The van der Waals surface area contributed by atoms with Crippen molar-refractivity contribution in [3.63, 3.8) is 0 Å². The highest BCUT2D eigenvalue weighted by molar-refractivity contribution is 6.30. The van der Waals surface area contributed by atoms with Crippen molar-refractivity contribution in [3.05, 3.63) is 89.7 Å². The second-order valence-electron chi connectivity index (χ2n) is 6.81. The zero-order valence-electron chi connectivity index (χ0n) is 16.6. The maximum Gasteiger partial charge on any atom is 0.141 e. The van der Waals surface area contributed by atoms with Gasteiger partial charge in [-0.25, -0.2) is 9.97 Å². The minimum Gasteiger partial charge on any atom is -0.340 e. The van der Waals surface area contributed by atoms with Gasteiger partial charge in [0, 0.05) is 22.0 Å². The van der Waals surface area contributed by atoms with Gasteiger partial charge >= 0.3 is 0 Å². The molecule has 0 aliphatic heterocycles. The molecular formula is C23H20Cl2N6. The van der Waals surface area contributed by atoms with Gasteiger partial charge in [-0.05, 0) is 42.0 Å². The Morgan fingerprint density at radius 3 is 2.61 bits per heavy atom. The van der Waals surface area contributed by atoms with Gasteiger partial charge < -0.3 is 5.32 Å². The molecule has 0 unspecified atom stereocenters. The lowest BCUT2D eigenvalue weighted by Gasteiger charge is -2.16. The molecule has 0 atom stereocenters. The van der Waals surface area contributed by atoms with Crippen LogP contribution in [0, 0.1) is 0 Å². The SMILES string of the molecule is ClCCN(Cc1ccccc1)N=Nc1ccc2ncnc(Nc3cccc(Cl)c3)c2c1. The van der Waals surface area contributed by atoms with Gasteiger partial charge in [-0.15, -0.1) is 16.7 Å². The molecule has 0 aliphatic rings. The van der Waals surface area contributed by atoms with Crippen molar-refractivity contribution in [2.24, 2.45) is 10.3 Å². The fourth-order valence-corrected chi connectivity index (χ4v) is 3.46. The van der Waals surface area contributed by atoms with Gasteiger partial charge in [0.25, 0.3) is 0 Å². The molecule has 1 aromatic heterocycles. The maximum absolute atomic E-state index is 6.09. The Bertz CT molecular complexity index is 1180. The normalized spacial score (nSPS) is 11.2. The first-order valence-corrected chi connectivity index (χ1v) is 10.7. The van der Waals surface area contributed by atoms with Gasteiger partial charge in [-0.2, -0.15) is 0 Å². The maximum atomic E-state index is 6.09. The summed E-state index contributed by atoms with van der Waals surface area (Å²) >= 11 is 12.0. The average molecular weight is 451 g/mol. The molecule has 0 amide bonds. The summed E-state index contributed by atoms with van der Waals surface area (Å²) in [7, 11) is 0. The second-order valence-corrected chi connectivity index (χ2v) is 7.63. The molecule has 0 aliphatic carbocycles. The third kappa shape index (κ3) is 5.69. The molecule has 0 radical (unpaired) electrons. The van der Waals surface area contributed by atoms with E-state index in [1.165, 1.54) is 6.33 Å². The van der Waals surface area contributed by atoms with E-state index >= 15 is 0 Å². The smallest absolute Gasteiger partial charge is 0.141 e. The van der Waals surface area contributed by atoms with E-state index in [0.717, 1.165) is 22.2 Å². The number of aromatic nitrogens is 2. The van der Waals surface area contributed by atoms with Crippen LogP contribution in [0.15, 0.2) is 89.5 Å². The minimum absolute atomic E-state index is 0.463. The van der Waals surface area contributed by atoms with Crippen LogP contribution in [-0.2, 0) is 6.54 Å². The van der Waals surface area contributed by atoms with Gasteiger partial charge in [-0.3, -0.25) is 5.01 Å². The quantitative estimate of drug-likeness (QED) is 0.182. The van der Waals surface area contributed by atoms with Crippen LogP contribution in [0.2, 0.25) is 5.02 Å². The molecule has 0 saturated heterocycles.